The molecule has 6 saturated carbocycles. The molecule has 12 atom stereocenters. The second-order valence-corrected chi connectivity index (χ2v) is 19.6. The molecule has 11 unspecified atom stereocenters. The lowest BCUT2D eigenvalue weighted by atomic mass is 9.36. The molecule has 44 heavy (non-hydrogen) atoms. The van der Waals surface area contributed by atoms with Crippen molar-refractivity contribution < 1.29 is 0 Å². The molecule has 6 fully saturated rings. The summed E-state index contributed by atoms with van der Waals surface area (Å²) in [7, 11) is 0. The summed E-state index contributed by atoms with van der Waals surface area (Å²) in [6, 6.07) is 0. The summed E-state index contributed by atoms with van der Waals surface area (Å²) in [6.45, 7) is 7.80. The van der Waals surface area contributed by atoms with Gasteiger partial charge in [-0.2, -0.15) is 0 Å². The van der Waals surface area contributed by atoms with Crippen LogP contribution in [0.2, 0.25) is 0 Å². The molecule has 0 heterocycles. The summed E-state index contributed by atoms with van der Waals surface area (Å²) in [4.78, 5) is 0. The Morgan fingerprint density at radius 2 is 1.41 bits per heavy atom. The lowest BCUT2D eigenvalue weighted by molar-refractivity contribution is -0.0872. The Labute approximate surface area is 274 Å². The van der Waals surface area contributed by atoms with Crippen LogP contribution in [0.3, 0.4) is 0 Å². The van der Waals surface area contributed by atoms with Crippen LogP contribution in [0.1, 0.15) is 188 Å². The molecule has 0 saturated heterocycles. The van der Waals surface area contributed by atoms with E-state index in [1.807, 2.05) is 0 Å². The highest BCUT2D eigenvalue weighted by Gasteiger charge is 2.65. The number of rotatable bonds is 4. The third-order valence-corrected chi connectivity index (χ3v) is 17.1. The van der Waals surface area contributed by atoms with Crippen molar-refractivity contribution in [2.75, 3.05) is 0 Å². The van der Waals surface area contributed by atoms with Gasteiger partial charge < -0.3 is 0 Å². The van der Waals surface area contributed by atoms with E-state index >= 15 is 0 Å². The van der Waals surface area contributed by atoms with Crippen molar-refractivity contribution in [3.05, 3.63) is 11.1 Å². The van der Waals surface area contributed by atoms with Gasteiger partial charge in [0, 0.05) is 0 Å². The Hall–Kier alpha value is -0.260. The molecule has 0 amide bonds. The van der Waals surface area contributed by atoms with Gasteiger partial charge in [-0.3, -0.25) is 0 Å². The smallest absolute Gasteiger partial charge is 0.00430 e. The fourth-order valence-electron chi connectivity index (χ4n) is 15.4. The second-order valence-electron chi connectivity index (χ2n) is 19.6. The maximum Gasteiger partial charge on any atom is -0.00430 e. The molecule has 0 N–H and O–H groups in total. The third-order valence-electron chi connectivity index (χ3n) is 17.1. The second kappa shape index (κ2) is 12.6. The van der Waals surface area contributed by atoms with Gasteiger partial charge in [0.2, 0.25) is 0 Å². The van der Waals surface area contributed by atoms with E-state index in [1.54, 1.807) is 135 Å². The van der Waals surface area contributed by atoms with Crippen molar-refractivity contribution in [1.82, 2.24) is 0 Å². The van der Waals surface area contributed by atoms with E-state index in [0.717, 1.165) is 65.1 Å². The molecule has 8 rings (SSSR count). The van der Waals surface area contributed by atoms with Crippen molar-refractivity contribution in [3.8, 4) is 0 Å². The van der Waals surface area contributed by atoms with Gasteiger partial charge in [0.1, 0.15) is 0 Å². The van der Waals surface area contributed by atoms with Crippen LogP contribution in [0.25, 0.3) is 0 Å². The molecule has 0 aromatic rings. The lowest BCUT2D eigenvalue weighted by Crippen LogP contribution is -2.59. The van der Waals surface area contributed by atoms with Crippen LogP contribution in [0, 0.1) is 75.9 Å². The van der Waals surface area contributed by atoms with Crippen molar-refractivity contribution >= 4 is 0 Å². The van der Waals surface area contributed by atoms with E-state index in [0.29, 0.717) is 10.8 Å². The summed E-state index contributed by atoms with van der Waals surface area (Å²) >= 11 is 0. The molecule has 2 spiro atoms. The molecule has 0 radical (unpaired) electrons. The average molecular weight is 601 g/mol. The fraction of sp³-hybridized carbons (Fsp3) is 0.955. The van der Waals surface area contributed by atoms with E-state index in [4.69, 9.17) is 0 Å². The highest BCUT2D eigenvalue weighted by atomic mass is 14.7. The Balaban J connectivity index is 1.17. The summed E-state index contributed by atoms with van der Waals surface area (Å²) in [5, 5.41) is 0. The highest BCUT2D eigenvalue weighted by Crippen LogP contribution is 2.74. The zero-order chi connectivity index (χ0) is 29.9. The SMILES string of the molecule is CCCCC1CCC2CC(C3CCC(C)CC4=C5C3C3CCCCC53CC3(CCCCC3)CCCC[C@@H]3CC(C)C43)CC2C1. The van der Waals surface area contributed by atoms with Crippen molar-refractivity contribution in [2.24, 2.45) is 75.9 Å². The first-order chi connectivity index (χ1) is 21.5. The first kappa shape index (κ1) is 31.0. The lowest BCUT2D eigenvalue weighted by Gasteiger charge is -2.68. The molecule has 248 valence electrons. The van der Waals surface area contributed by atoms with Crippen LogP contribution in [0.15, 0.2) is 11.1 Å². The summed E-state index contributed by atoms with van der Waals surface area (Å²) in [5.74, 6) is 11.3. The van der Waals surface area contributed by atoms with Gasteiger partial charge in [-0.05, 0) is 166 Å². The van der Waals surface area contributed by atoms with E-state index in [2.05, 4.69) is 31.9 Å². The normalized spacial score (nSPS) is 48.8. The third kappa shape index (κ3) is 5.36. The molecule has 0 aromatic heterocycles. The minimum atomic E-state index is 0.631. The van der Waals surface area contributed by atoms with E-state index in [9.17, 15) is 0 Å². The molecular formula is C44H72. The zero-order valence-electron chi connectivity index (χ0n) is 29.7. The molecule has 8 aliphatic carbocycles. The minimum Gasteiger partial charge on any atom is -0.0662 e. The van der Waals surface area contributed by atoms with E-state index in [1.165, 1.54) is 32.1 Å². The van der Waals surface area contributed by atoms with Gasteiger partial charge in [-0.1, -0.05) is 109 Å². The molecule has 8 aliphatic rings. The molecule has 0 aliphatic heterocycles. The first-order valence-electron chi connectivity index (χ1n) is 21.2. The zero-order valence-corrected chi connectivity index (χ0v) is 29.7. The van der Waals surface area contributed by atoms with Gasteiger partial charge >= 0.3 is 0 Å². The van der Waals surface area contributed by atoms with E-state index < -0.39 is 0 Å². The number of hydrogen-bond acceptors (Lipinski definition) is 0. The number of hydrogen-bond donors (Lipinski definition) is 0. The summed E-state index contributed by atoms with van der Waals surface area (Å²) in [5.41, 5.74) is 5.75. The predicted octanol–water partition coefficient (Wildman–Crippen LogP) is 13.3. The molecule has 0 heteroatoms. The maximum atomic E-state index is 2.70. The van der Waals surface area contributed by atoms with Crippen LogP contribution in [0.5, 0.6) is 0 Å². The van der Waals surface area contributed by atoms with Gasteiger partial charge in [0.05, 0.1) is 0 Å². The monoisotopic (exact) mass is 601 g/mol. The molecule has 0 nitrogen and oxygen atoms in total. The Bertz CT molecular complexity index is 1030. The number of allylic oxidation sites excluding steroid dienone is 2. The fourth-order valence-corrected chi connectivity index (χ4v) is 15.4. The van der Waals surface area contributed by atoms with Crippen LogP contribution >= 0.6 is 0 Å². The van der Waals surface area contributed by atoms with E-state index in [-0.39, 0.29) is 0 Å². The topological polar surface area (TPSA) is 0 Å². The van der Waals surface area contributed by atoms with Crippen molar-refractivity contribution in [1.29, 1.82) is 0 Å². The Kier molecular flexibility index (Phi) is 8.92. The average Bonchev–Trinajstić information content (AvgIpc) is 3.42. The summed E-state index contributed by atoms with van der Waals surface area (Å²) < 4.78 is 0. The largest absolute Gasteiger partial charge is 0.0662 e. The van der Waals surface area contributed by atoms with Crippen LogP contribution < -0.4 is 0 Å². The Morgan fingerprint density at radius 1 is 0.636 bits per heavy atom. The number of fused-ring (bicyclic) bond motifs is 4. The van der Waals surface area contributed by atoms with Crippen LogP contribution in [-0.2, 0) is 0 Å². The van der Waals surface area contributed by atoms with Crippen molar-refractivity contribution in [2.45, 2.75) is 188 Å². The molecular weight excluding hydrogens is 528 g/mol. The molecule has 0 aromatic carbocycles. The predicted molar refractivity (Wildman–Crippen MR) is 187 cm³/mol. The summed E-state index contributed by atoms with van der Waals surface area (Å²) in [6.07, 6.45) is 40.6. The van der Waals surface area contributed by atoms with Gasteiger partial charge in [0.15, 0.2) is 0 Å². The van der Waals surface area contributed by atoms with Gasteiger partial charge in [-0.15, -0.1) is 0 Å². The Morgan fingerprint density at radius 3 is 2.23 bits per heavy atom. The quantitative estimate of drug-likeness (QED) is 0.282. The van der Waals surface area contributed by atoms with Crippen LogP contribution in [0.4, 0.5) is 0 Å². The van der Waals surface area contributed by atoms with Gasteiger partial charge in [0.25, 0.3) is 0 Å². The minimum absolute atomic E-state index is 0.631. The molecule has 0 bridgehead atoms. The standard InChI is InChI=1S/C44H72/c1-4-5-13-32-17-18-33-27-36(28-35(33)26-32)37-19-16-30(2)24-38-40-31(3)25-34(40)14-7-11-22-43(20-9-6-10-21-43)29-44-23-12-8-15-39(44)41(37)42(38)44/h30-37,39-41H,4-29H2,1-3H3/t30?,31?,32?,33?,34-,35?,36?,37?,39?,40?,41?,44?/m1/s1. The highest BCUT2D eigenvalue weighted by molar-refractivity contribution is 5.41. The van der Waals surface area contributed by atoms with Gasteiger partial charge in [-0.25, -0.2) is 0 Å². The number of unbranched alkanes of at least 4 members (excludes halogenated alkanes) is 1. The van der Waals surface area contributed by atoms with Crippen LogP contribution in [-0.4, -0.2) is 0 Å². The first-order valence-corrected chi connectivity index (χ1v) is 21.2. The maximum absolute atomic E-state index is 2.70. The van der Waals surface area contributed by atoms with Crippen molar-refractivity contribution in [3.63, 3.8) is 0 Å².